The third-order valence-corrected chi connectivity index (χ3v) is 4.66. The van der Waals surface area contributed by atoms with Gasteiger partial charge in [-0.15, -0.1) is 0 Å². The molecule has 3 rings (SSSR count). The molecule has 136 valence electrons. The average Bonchev–Trinajstić information content (AvgIpc) is 2.72. The second kappa shape index (κ2) is 8.52. The van der Waals surface area contributed by atoms with E-state index in [9.17, 15) is 4.79 Å². The van der Waals surface area contributed by atoms with E-state index in [1.165, 1.54) is 24.9 Å². The number of methoxy groups -OCH3 is 1. The Morgan fingerprint density at radius 1 is 1.04 bits per heavy atom. The van der Waals surface area contributed by atoms with Crippen molar-refractivity contribution in [1.82, 2.24) is 5.43 Å². The van der Waals surface area contributed by atoms with E-state index in [0.717, 1.165) is 24.4 Å². The molecular formula is C21H25N3O2. The maximum atomic E-state index is 12.2. The first kappa shape index (κ1) is 18.0. The van der Waals surface area contributed by atoms with Crippen LogP contribution in [0, 0.1) is 0 Å². The van der Waals surface area contributed by atoms with Crippen LogP contribution in [0.15, 0.2) is 53.6 Å². The highest BCUT2D eigenvalue weighted by molar-refractivity contribution is 6.01. The zero-order chi connectivity index (χ0) is 18.4. The molecule has 0 spiro atoms. The van der Waals surface area contributed by atoms with E-state index in [1.54, 1.807) is 31.4 Å². The standard InChI is InChI=1S/C21H25N3O2/c1-16(22-23-21(25)18-7-6-8-20(15-18)26-2)17-9-11-19(12-10-17)24-13-4-3-5-14-24/h6-12,15H,3-5,13-14H2,1-2H3,(H,23,25). The molecule has 1 saturated heterocycles. The number of ether oxygens (including phenoxy) is 1. The molecule has 1 amide bonds. The summed E-state index contributed by atoms with van der Waals surface area (Å²) in [5.41, 5.74) is 6.14. The Hall–Kier alpha value is -2.82. The molecular weight excluding hydrogens is 326 g/mol. The summed E-state index contributed by atoms with van der Waals surface area (Å²) in [7, 11) is 1.58. The first-order chi connectivity index (χ1) is 12.7. The number of benzene rings is 2. The third kappa shape index (κ3) is 4.42. The Bertz CT molecular complexity index is 778. The van der Waals surface area contributed by atoms with Crippen molar-refractivity contribution in [1.29, 1.82) is 0 Å². The van der Waals surface area contributed by atoms with Crippen molar-refractivity contribution >= 4 is 17.3 Å². The Morgan fingerprint density at radius 2 is 1.77 bits per heavy atom. The molecule has 2 aromatic carbocycles. The van der Waals surface area contributed by atoms with Gasteiger partial charge in [-0.2, -0.15) is 5.10 Å². The summed E-state index contributed by atoms with van der Waals surface area (Å²) in [6.07, 6.45) is 3.85. The fourth-order valence-electron chi connectivity index (χ4n) is 3.09. The third-order valence-electron chi connectivity index (χ3n) is 4.66. The van der Waals surface area contributed by atoms with Crippen LogP contribution < -0.4 is 15.1 Å². The number of piperidine rings is 1. The minimum Gasteiger partial charge on any atom is -0.497 e. The molecule has 26 heavy (non-hydrogen) atoms. The number of carbonyl (C=O) groups is 1. The summed E-state index contributed by atoms with van der Waals surface area (Å²) in [4.78, 5) is 14.6. The van der Waals surface area contributed by atoms with E-state index in [0.29, 0.717) is 11.3 Å². The molecule has 5 nitrogen and oxygen atoms in total. The number of amides is 1. The summed E-state index contributed by atoms with van der Waals surface area (Å²) >= 11 is 0. The number of hydrogen-bond donors (Lipinski definition) is 1. The van der Waals surface area contributed by atoms with Crippen LogP contribution in [0.3, 0.4) is 0 Å². The van der Waals surface area contributed by atoms with Crippen LogP contribution in [-0.2, 0) is 0 Å². The predicted octanol–water partition coefficient (Wildman–Crippen LogP) is 3.84. The zero-order valence-electron chi connectivity index (χ0n) is 15.4. The number of carbonyl (C=O) groups excluding carboxylic acids is 1. The highest BCUT2D eigenvalue weighted by Gasteiger charge is 2.11. The van der Waals surface area contributed by atoms with Crippen molar-refractivity contribution in [3.8, 4) is 5.75 Å². The Morgan fingerprint density at radius 3 is 2.46 bits per heavy atom. The van der Waals surface area contributed by atoms with Gasteiger partial charge in [-0.25, -0.2) is 5.43 Å². The number of anilines is 1. The van der Waals surface area contributed by atoms with E-state index in [-0.39, 0.29) is 5.91 Å². The Labute approximate surface area is 154 Å². The summed E-state index contributed by atoms with van der Waals surface area (Å²) in [6.45, 7) is 4.15. The van der Waals surface area contributed by atoms with Gasteiger partial charge in [0.05, 0.1) is 12.8 Å². The van der Waals surface area contributed by atoms with Crippen molar-refractivity contribution in [2.24, 2.45) is 5.10 Å². The number of rotatable bonds is 5. The monoisotopic (exact) mass is 351 g/mol. The molecule has 0 atom stereocenters. The number of hydrogen-bond acceptors (Lipinski definition) is 4. The van der Waals surface area contributed by atoms with Crippen molar-refractivity contribution in [2.75, 3.05) is 25.1 Å². The van der Waals surface area contributed by atoms with Gasteiger partial charge in [0.1, 0.15) is 5.75 Å². The fourth-order valence-corrected chi connectivity index (χ4v) is 3.09. The molecule has 1 aliphatic heterocycles. The van der Waals surface area contributed by atoms with E-state index < -0.39 is 0 Å². The predicted molar refractivity (Wildman–Crippen MR) is 105 cm³/mol. The molecule has 0 aromatic heterocycles. The highest BCUT2D eigenvalue weighted by Crippen LogP contribution is 2.20. The smallest absolute Gasteiger partial charge is 0.271 e. The Balaban J connectivity index is 1.64. The van der Waals surface area contributed by atoms with Crippen LogP contribution in [0.1, 0.15) is 42.1 Å². The van der Waals surface area contributed by atoms with Crippen LogP contribution in [-0.4, -0.2) is 31.8 Å². The Kier molecular flexibility index (Phi) is 5.89. The molecule has 5 heteroatoms. The van der Waals surface area contributed by atoms with Gasteiger partial charge < -0.3 is 9.64 Å². The first-order valence-electron chi connectivity index (χ1n) is 9.01. The van der Waals surface area contributed by atoms with Crippen molar-refractivity contribution in [3.63, 3.8) is 0 Å². The summed E-state index contributed by atoms with van der Waals surface area (Å²) in [5, 5.41) is 4.23. The molecule has 0 unspecified atom stereocenters. The number of nitrogens with one attached hydrogen (secondary N) is 1. The van der Waals surface area contributed by atoms with Crippen LogP contribution in [0.2, 0.25) is 0 Å². The molecule has 0 saturated carbocycles. The lowest BCUT2D eigenvalue weighted by atomic mass is 10.1. The summed E-state index contributed by atoms with van der Waals surface area (Å²) in [6, 6.07) is 15.4. The highest BCUT2D eigenvalue weighted by atomic mass is 16.5. The second-order valence-corrected chi connectivity index (χ2v) is 6.46. The zero-order valence-corrected chi connectivity index (χ0v) is 15.4. The van der Waals surface area contributed by atoms with Crippen LogP contribution in [0.4, 0.5) is 5.69 Å². The van der Waals surface area contributed by atoms with Gasteiger partial charge >= 0.3 is 0 Å². The van der Waals surface area contributed by atoms with Gasteiger partial charge in [0.15, 0.2) is 0 Å². The largest absolute Gasteiger partial charge is 0.497 e. The summed E-state index contributed by atoms with van der Waals surface area (Å²) in [5.74, 6) is 0.389. The molecule has 0 radical (unpaired) electrons. The lowest BCUT2D eigenvalue weighted by Crippen LogP contribution is -2.29. The van der Waals surface area contributed by atoms with E-state index in [4.69, 9.17) is 4.74 Å². The lowest BCUT2D eigenvalue weighted by molar-refractivity contribution is 0.0954. The average molecular weight is 351 g/mol. The maximum absolute atomic E-state index is 12.2. The minimum atomic E-state index is -0.256. The van der Waals surface area contributed by atoms with Crippen LogP contribution in [0.5, 0.6) is 5.75 Å². The van der Waals surface area contributed by atoms with Gasteiger partial charge in [0.25, 0.3) is 5.91 Å². The second-order valence-electron chi connectivity index (χ2n) is 6.46. The van der Waals surface area contributed by atoms with Crippen LogP contribution >= 0.6 is 0 Å². The van der Waals surface area contributed by atoms with Crippen LogP contribution in [0.25, 0.3) is 0 Å². The first-order valence-corrected chi connectivity index (χ1v) is 9.01. The van der Waals surface area contributed by atoms with Gasteiger partial charge in [-0.3, -0.25) is 4.79 Å². The number of nitrogens with zero attached hydrogens (tertiary/aromatic N) is 2. The van der Waals surface area contributed by atoms with Gasteiger partial charge in [-0.1, -0.05) is 18.2 Å². The molecule has 1 aliphatic rings. The van der Waals surface area contributed by atoms with E-state index >= 15 is 0 Å². The molecule has 1 N–H and O–H groups in total. The molecule has 1 fully saturated rings. The van der Waals surface area contributed by atoms with Gasteiger partial charge in [0.2, 0.25) is 0 Å². The quantitative estimate of drug-likeness (QED) is 0.658. The van der Waals surface area contributed by atoms with E-state index in [1.807, 2.05) is 6.92 Å². The topological polar surface area (TPSA) is 53.9 Å². The van der Waals surface area contributed by atoms with Gasteiger partial charge in [0, 0.05) is 24.3 Å². The molecule has 2 aromatic rings. The fraction of sp³-hybridized carbons (Fsp3) is 0.333. The lowest BCUT2D eigenvalue weighted by Gasteiger charge is -2.28. The maximum Gasteiger partial charge on any atom is 0.271 e. The van der Waals surface area contributed by atoms with Gasteiger partial charge in [-0.05, 0) is 62.1 Å². The SMILES string of the molecule is COc1cccc(C(=O)NN=C(C)c2ccc(N3CCCCC3)cc2)c1. The normalized spacial score (nSPS) is 14.8. The molecule has 0 aliphatic carbocycles. The summed E-state index contributed by atoms with van der Waals surface area (Å²) < 4.78 is 5.14. The minimum absolute atomic E-state index is 0.256. The van der Waals surface area contributed by atoms with Crippen molar-refractivity contribution in [3.05, 3.63) is 59.7 Å². The van der Waals surface area contributed by atoms with E-state index in [2.05, 4.69) is 39.7 Å². The van der Waals surface area contributed by atoms with Crippen molar-refractivity contribution < 1.29 is 9.53 Å². The number of hydrazone groups is 1. The molecule has 0 bridgehead atoms. The van der Waals surface area contributed by atoms with Crippen molar-refractivity contribution in [2.45, 2.75) is 26.2 Å². The molecule has 1 heterocycles.